The molecule has 3 aromatic carbocycles. The van der Waals surface area contributed by atoms with E-state index in [4.69, 9.17) is 27.9 Å². The Morgan fingerprint density at radius 2 is 1.72 bits per heavy atom. The molecule has 0 saturated heterocycles. The Labute approximate surface area is 177 Å². The molecule has 0 aliphatic rings. The SMILES string of the molecule is CCOc1ccc(-n2nc3ccc(NC(=O)c4ccc(Cl)c(Cl)c4)cc3n2)cc1. The molecule has 0 fully saturated rings. The fraction of sp³-hybridized carbons (Fsp3) is 0.0952. The van der Waals surface area contributed by atoms with Gasteiger partial charge in [0.05, 0.1) is 22.3 Å². The van der Waals surface area contributed by atoms with Gasteiger partial charge >= 0.3 is 0 Å². The number of halogens is 2. The van der Waals surface area contributed by atoms with Crippen molar-refractivity contribution < 1.29 is 9.53 Å². The monoisotopic (exact) mass is 426 g/mol. The third kappa shape index (κ3) is 4.18. The van der Waals surface area contributed by atoms with Crippen LogP contribution in [0.2, 0.25) is 10.0 Å². The van der Waals surface area contributed by atoms with Crippen LogP contribution in [0.15, 0.2) is 60.7 Å². The molecule has 0 radical (unpaired) electrons. The molecule has 4 rings (SSSR count). The first-order valence-electron chi connectivity index (χ1n) is 8.90. The zero-order valence-electron chi connectivity index (χ0n) is 15.4. The number of aromatic nitrogens is 3. The number of carbonyl (C=O) groups excluding carboxylic acids is 1. The zero-order valence-corrected chi connectivity index (χ0v) is 16.9. The number of hydrogen-bond acceptors (Lipinski definition) is 4. The zero-order chi connectivity index (χ0) is 20.4. The van der Waals surface area contributed by atoms with Crippen molar-refractivity contribution in [3.8, 4) is 11.4 Å². The van der Waals surface area contributed by atoms with Crippen molar-refractivity contribution in [2.75, 3.05) is 11.9 Å². The van der Waals surface area contributed by atoms with Gasteiger partial charge in [0.15, 0.2) is 0 Å². The summed E-state index contributed by atoms with van der Waals surface area (Å²) >= 11 is 11.9. The molecule has 0 saturated carbocycles. The molecule has 0 bridgehead atoms. The maximum absolute atomic E-state index is 12.5. The van der Waals surface area contributed by atoms with Crippen LogP contribution in [0.3, 0.4) is 0 Å². The number of amides is 1. The van der Waals surface area contributed by atoms with Gasteiger partial charge in [-0.05, 0) is 67.6 Å². The van der Waals surface area contributed by atoms with E-state index in [-0.39, 0.29) is 5.91 Å². The summed E-state index contributed by atoms with van der Waals surface area (Å²) in [5, 5.41) is 12.5. The first-order chi connectivity index (χ1) is 14.0. The molecule has 0 aliphatic carbocycles. The molecular weight excluding hydrogens is 411 g/mol. The predicted molar refractivity (Wildman–Crippen MR) is 114 cm³/mol. The number of hydrogen-bond donors (Lipinski definition) is 1. The van der Waals surface area contributed by atoms with Gasteiger partial charge in [-0.3, -0.25) is 4.79 Å². The van der Waals surface area contributed by atoms with E-state index in [9.17, 15) is 4.79 Å². The average molecular weight is 427 g/mol. The molecule has 1 N–H and O–H groups in total. The van der Waals surface area contributed by atoms with Gasteiger partial charge in [-0.15, -0.1) is 10.2 Å². The van der Waals surface area contributed by atoms with E-state index in [0.717, 1.165) is 11.4 Å². The van der Waals surface area contributed by atoms with Crippen LogP contribution in [-0.4, -0.2) is 27.5 Å². The van der Waals surface area contributed by atoms with Crippen molar-refractivity contribution in [1.82, 2.24) is 15.0 Å². The molecule has 0 atom stereocenters. The number of carbonyl (C=O) groups is 1. The standard InChI is InChI=1S/C21H16Cl2N4O2/c1-2-29-16-7-5-15(6-8-16)27-25-19-10-4-14(12-20(19)26-27)24-21(28)13-3-9-17(22)18(23)11-13/h3-12H,2H2,1H3,(H,24,28). The van der Waals surface area contributed by atoms with E-state index in [2.05, 4.69) is 15.5 Å². The maximum atomic E-state index is 12.5. The average Bonchev–Trinajstić information content (AvgIpc) is 3.14. The minimum absolute atomic E-state index is 0.290. The van der Waals surface area contributed by atoms with E-state index >= 15 is 0 Å². The number of nitrogens with one attached hydrogen (secondary N) is 1. The van der Waals surface area contributed by atoms with Crippen molar-refractivity contribution in [1.29, 1.82) is 0 Å². The second-order valence-electron chi connectivity index (χ2n) is 6.20. The molecule has 0 aliphatic heterocycles. The molecule has 1 heterocycles. The molecule has 146 valence electrons. The maximum Gasteiger partial charge on any atom is 0.255 e. The molecule has 0 unspecified atom stereocenters. The molecule has 1 amide bonds. The summed E-state index contributed by atoms with van der Waals surface area (Å²) in [6.07, 6.45) is 0. The van der Waals surface area contributed by atoms with Gasteiger partial charge in [-0.2, -0.15) is 4.80 Å². The van der Waals surface area contributed by atoms with Crippen LogP contribution in [0.25, 0.3) is 16.7 Å². The molecule has 6 nitrogen and oxygen atoms in total. The van der Waals surface area contributed by atoms with Crippen LogP contribution >= 0.6 is 23.2 Å². The summed E-state index contributed by atoms with van der Waals surface area (Å²) in [5.74, 6) is 0.502. The van der Waals surface area contributed by atoms with E-state index < -0.39 is 0 Å². The van der Waals surface area contributed by atoms with Crippen molar-refractivity contribution >= 4 is 45.8 Å². The lowest BCUT2D eigenvalue weighted by molar-refractivity contribution is 0.102. The van der Waals surface area contributed by atoms with Gasteiger partial charge in [0.25, 0.3) is 5.91 Å². The molecule has 29 heavy (non-hydrogen) atoms. The molecule has 0 spiro atoms. The highest BCUT2D eigenvalue weighted by Gasteiger charge is 2.11. The molecular formula is C21H16Cl2N4O2. The number of rotatable bonds is 5. The lowest BCUT2D eigenvalue weighted by atomic mass is 10.2. The second-order valence-corrected chi connectivity index (χ2v) is 7.02. The molecule has 8 heteroatoms. The highest BCUT2D eigenvalue weighted by Crippen LogP contribution is 2.24. The number of ether oxygens (including phenoxy) is 1. The Kier molecular flexibility index (Phi) is 5.38. The number of anilines is 1. The van der Waals surface area contributed by atoms with Gasteiger partial charge in [0.2, 0.25) is 0 Å². The Morgan fingerprint density at radius 1 is 0.966 bits per heavy atom. The summed E-state index contributed by atoms with van der Waals surface area (Å²) in [6.45, 7) is 2.55. The predicted octanol–water partition coefficient (Wildman–Crippen LogP) is 5.38. The number of nitrogens with zero attached hydrogens (tertiary/aromatic N) is 3. The number of fused-ring (bicyclic) bond motifs is 1. The Hall–Kier alpha value is -3.09. The van der Waals surface area contributed by atoms with E-state index in [1.807, 2.05) is 31.2 Å². The van der Waals surface area contributed by atoms with E-state index in [1.54, 1.807) is 35.1 Å². The highest BCUT2D eigenvalue weighted by atomic mass is 35.5. The molecule has 4 aromatic rings. The molecule has 1 aromatic heterocycles. The van der Waals surface area contributed by atoms with Crippen LogP contribution in [0.4, 0.5) is 5.69 Å². The summed E-state index contributed by atoms with van der Waals surface area (Å²) < 4.78 is 5.45. The Bertz CT molecular complexity index is 1190. The van der Waals surface area contributed by atoms with Gasteiger partial charge in [-0.1, -0.05) is 23.2 Å². The van der Waals surface area contributed by atoms with Gasteiger partial charge < -0.3 is 10.1 Å². The minimum Gasteiger partial charge on any atom is -0.494 e. The van der Waals surface area contributed by atoms with Crippen LogP contribution < -0.4 is 10.1 Å². The van der Waals surface area contributed by atoms with Crippen molar-refractivity contribution in [3.63, 3.8) is 0 Å². The third-order valence-corrected chi connectivity index (χ3v) is 4.94. The third-order valence-electron chi connectivity index (χ3n) is 4.20. The quantitative estimate of drug-likeness (QED) is 0.465. The smallest absolute Gasteiger partial charge is 0.255 e. The van der Waals surface area contributed by atoms with Crippen molar-refractivity contribution in [3.05, 3.63) is 76.3 Å². The lowest BCUT2D eigenvalue weighted by Crippen LogP contribution is -2.11. The highest BCUT2D eigenvalue weighted by molar-refractivity contribution is 6.42. The van der Waals surface area contributed by atoms with E-state index in [0.29, 0.717) is 38.9 Å². The summed E-state index contributed by atoms with van der Waals surface area (Å²) in [6, 6.07) is 17.6. The van der Waals surface area contributed by atoms with Crippen LogP contribution in [-0.2, 0) is 0 Å². The van der Waals surface area contributed by atoms with Crippen LogP contribution in [0.1, 0.15) is 17.3 Å². The topological polar surface area (TPSA) is 69.0 Å². The Morgan fingerprint density at radius 3 is 2.45 bits per heavy atom. The first kappa shape index (κ1) is 19.2. The Balaban J connectivity index is 1.56. The van der Waals surface area contributed by atoms with Crippen molar-refractivity contribution in [2.24, 2.45) is 0 Å². The van der Waals surface area contributed by atoms with Gasteiger partial charge in [0, 0.05) is 11.3 Å². The van der Waals surface area contributed by atoms with Crippen LogP contribution in [0.5, 0.6) is 5.75 Å². The number of benzene rings is 3. The fourth-order valence-corrected chi connectivity index (χ4v) is 3.09. The second kappa shape index (κ2) is 8.11. The first-order valence-corrected chi connectivity index (χ1v) is 9.66. The van der Waals surface area contributed by atoms with Crippen LogP contribution in [0, 0.1) is 0 Å². The minimum atomic E-state index is -0.290. The summed E-state index contributed by atoms with van der Waals surface area (Å²) in [4.78, 5) is 14.0. The summed E-state index contributed by atoms with van der Waals surface area (Å²) in [7, 11) is 0. The van der Waals surface area contributed by atoms with Crippen molar-refractivity contribution in [2.45, 2.75) is 6.92 Å². The van der Waals surface area contributed by atoms with Gasteiger partial charge in [0.1, 0.15) is 16.8 Å². The van der Waals surface area contributed by atoms with Gasteiger partial charge in [-0.25, -0.2) is 0 Å². The fourth-order valence-electron chi connectivity index (χ4n) is 2.79. The summed E-state index contributed by atoms with van der Waals surface area (Å²) in [5.41, 5.74) is 3.20. The van der Waals surface area contributed by atoms with E-state index in [1.165, 1.54) is 6.07 Å². The normalized spacial score (nSPS) is 10.9. The largest absolute Gasteiger partial charge is 0.494 e. The lowest BCUT2D eigenvalue weighted by Gasteiger charge is -2.06.